The van der Waals surface area contributed by atoms with E-state index in [1.807, 2.05) is 36.4 Å². The fourth-order valence-corrected chi connectivity index (χ4v) is 2.25. The number of hydrogen-bond donors (Lipinski definition) is 3. The van der Waals surface area contributed by atoms with E-state index in [-0.39, 0.29) is 11.8 Å². The Morgan fingerprint density at radius 2 is 1.61 bits per heavy atom. The first-order valence-electron chi connectivity index (χ1n) is 7.14. The van der Waals surface area contributed by atoms with Gasteiger partial charge >= 0.3 is 0 Å². The summed E-state index contributed by atoms with van der Waals surface area (Å²) in [4.78, 5) is 23.3. The molecule has 23 heavy (non-hydrogen) atoms. The molecule has 0 aliphatic heterocycles. The number of carbonyl (C=O) groups is 2. The van der Waals surface area contributed by atoms with Crippen molar-refractivity contribution in [3.63, 3.8) is 0 Å². The van der Waals surface area contributed by atoms with Crippen molar-refractivity contribution in [1.29, 1.82) is 0 Å². The van der Waals surface area contributed by atoms with E-state index in [4.69, 9.17) is 0 Å². The van der Waals surface area contributed by atoms with Gasteiger partial charge in [0.2, 0.25) is 11.8 Å². The molecule has 2 amide bonds. The summed E-state index contributed by atoms with van der Waals surface area (Å²) in [6, 6.07) is 14.2. The van der Waals surface area contributed by atoms with Crippen LogP contribution >= 0.6 is 15.9 Å². The second kappa shape index (κ2) is 7.78. The highest BCUT2D eigenvalue weighted by Gasteiger charge is 2.13. The van der Waals surface area contributed by atoms with E-state index in [0.29, 0.717) is 5.69 Å². The van der Waals surface area contributed by atoms with Crippen molar-refractivity contribution < 1.29 is 9.59 Å². The van der Waals surface area contributed by atoms with E-state index < -0.39 is 6.04 Å². The van der Waals surface area contributed by atoms with E-state index in [2.05, 4.69) is 31.9 Å². The predicted octanol–water partition coefficient (Wildman–Crippen LogP) is 3.85. The van der Waals surface area contributed by atoms with Crippen LogP contribution in [0, 0.1) is 0 Å². The maximum Gasteiger partial charge on any atom is 0.246 e. The van der Waals surface area contributed by atoms with Gasteiger partial charge in [-0.15, -0.1) is 0 Å². The van der Waals surface area contributed by atoms with Crippen molar-refractivity contribution in [3.8, 4) is 0 Å². The molecule has 0 spiro atoms. The first-order chi connectivity index (χ1) is 10.9. The standard InChI is InChI=1S/C17H18BrN3O2/c1-11(17(23)21-14-8-6-13(18)7-9-14)19-15-4-3-5-16(10-15)20-12(2)22/h3-11,19H,1-2H3,(H,20,22)(H,21,23)/t11-/m1/s1. The number of nitrogens with one attached hydrogen (secondary N) is 3. The number of amides is 2. The Balaban J connectivity index is 1.97. The Hall–Kier alpha value is -2.34. The van der Waals surface area contributed by atoms with Crippen molar-refractivity contribution in [2.75, 3.05) is 16.0 Å². The molecule has 6 heteroatoms. The Kier molecular flexibility index (Phi) is 5.76. The van der Waals surface area contributed by atoms with Gasteiger partial charge < -0.3 is 16.0 Å². The summed E-state index contributed by atoms with van der Waals surface area (Å²) in [7, 11) is 0. The van der Waals surface area contributed by atoms with Crippen molar-refractivity contribution in [2.24, 2.45) is 0 Å². The Morgan fingerprint density at radius 1 is 0.957 bits per heavy atom. The number of carbonyl (C=O) groups excluding carboxylic acids is 2. The van der Waals surface area contributed by atoms with Crippen molar-refractivity contribution in [3.05, 3.63) is 53.0 Å². The van der Waals surface area contributed by atoms with Gasteiger partial charge in [-0.1, -0.05) is 22.0 Å². The molecule has 0 bridgehead atoms. The average Bonchev–Trinajstić information content (AvgIpc) is 2.49. The minimum atomic E-state index is -0.425. The maximum absolute atomic E-state index is 12.2. The molecule has 0 fully saturated rings. The molecule has 2 aromatic rings. The van der Waals surface area contributed by atoms with Gasteiger partial charge in [-0.3, -0.25) is 9.59 Å². The molecule has 3 N–H and O–H groups in total. The molecule has 2 rings (SSSR count). The average molecular weight is 376 g/mol. The van der Waals surface area contributed by atoms with Gasteiger partial charge in [-0.05, 0) is 49.4 Å². The van der Waals surface area contributed by atoms with E-state index in [1.54, 1.807) is 19.1 Å². The number of anilines is 3. The topological polar surface area (TPSA) is 70.2 Å². The van der Waals surface area contributed by atoms with Gasteiger partial charge in [0, 0.05) is 28.5 Å². The summed E-state index contributed by atoms with van der Waals surface area (Å²) in [6.45, 7) is 3.23. The first-order valence-corrected chi connectivity index (χ1v) is 7.94. The van der Waals surface area contributed by atoms with Crippen LogP contribution in [0.15, 0.2) is 53.0 Å². The lowest BCUT2D eigenvalue weighted by Gasteiger charge is -2.16. The molecule has 0 unspecified atom stereocenters. The molecule has 0 saturated heterocycles. The molecule has 0 aliphatic rings. The lowest BCUT2D eigenvalue weighted by Crippen LogP contribution is -2.31. The smallest absolute Gasteiger partial charge is 0.246 e. The van der Waals surface area contributed by atoms with E-state index >= 15 is 0 Å². The van der Waals surface area contributed by atoms with Crippen LogP contribution in [-0.2, 0) is 9.59 Å². The first kappa shape index (κ1) is 17.0. The molecule has 0 heterocycles. The third-order valence-corrected chi connectivity index (χ3v) is 3.60. The molecule has 120 valence electrons. The second-order valence-corrected chi connectivity index (χ2v) is 6.04. The molecule has 2 aromatic carbocycles. The van der Waals surface area contributed by atoms with Crippen LogP contribution in [0.5, 0.6) is 0 Å². The van der Waals surface area contributed by atoms with E-state index in [9.17, 15) is 9.59 Å². The highest BCUT2D eigenvalue weighted by atomic mass is 79.9. The summed E-state index contributed by atoms with van der Waals surface area (Å²) in [6.07, 6.45) is 0. The van der Waals surface area contributed by atoms with Crippen LogP contribution in [0.1, 0.15) is 13.8 Å². The second-order valence-electron chi connectivity index (χ2n) is 5.12. The summed E-state index contributed by atoms with van der Waals surface area (Å²) >= 11 is 3.35. The summed E-state index contributed by atoms with van der Waals surface area (Å²) in [5.74, 6) is -0.277. The van der Waals surface area contributed by atoms with E-state index in [1.165, 1.54) is 6.92 Å². The number of hydrogen-bond acceptors (Lipinski definition) is 3. The van der Waals surface area contributed by atoms with Crippen LogP contribution in [0.25, 0.3) is 0 Å². The van der Waals surface area contributed by atoms with Gasteiger partial charge in [0.1, 0.15) is 6.04 Å². The minimum absolute atomic E-state index is 0.136. The SMILES string of the molecule is CC(=O)Nc1cccc(N[C@H](C)C(=O)Nc2ccc(Br)cc2)c1. The van der Waals surface area contributed by atoms with Gasteiger partial charge in [0.25, 0.3) is 0 Å². The van der Waals surface area contributed by atoms with Gasteiger partial charge in [-0.25, -0.2) is 0 Å². The molecule has 0 aliphatic carbocycles. The van der Waals surface area contributed by atoms with Crippen LogP contribution in [0.4, 0.5) is 17.1 Å². The summed E-state index contributed by atoms with van der Waals surface area (Å²) in [5.41, 5.74) is 2.18. The quantitative estimate of drug-likeness (QED) is 0.743. The number of halogens is 1. The van der Waals surface area contributed by atoms with Crippen LogP contribution < -0.4 is 16.0 Å². The normalized spacial score (nSPS) is 11.4. The Labute approximate surface area is 143 Å². The van der Waals surface area contributed by atoms with Crippen molar-refractivity contribution >= 4 is 44.8 Å². The number of rotatable bonds is 5. The van der Waals surface area contributed by atoms with Gasteiger partial charge in [0.15, 0.2) is 0 Å². The molecular weight excluding hydrogens is 358 g/mol. The Bertz CT molecular complexity index is 701. The molecule has 1 atom stereocenters. The lowest BCUT2D eigenvalue weighted by atomic mass is 10.2. The van der Waals surface area contributed by atoms with Crippen molar-refractivity contribution in [1.82, 2.24) is 0 Å². The van der Waals surface area contributed by atoms with Crippen LogP contribution in [0.3, 0.4) is 0 Å². The predicted molar refractivity (Wildman–Crippen MR) is 96.6 cm³/mol. The largest absolute Gasteiger partial charge is 0.374 e. The molecule has 0 radical (unpaired) electrons. The summed E-state index contributed by atoms with van der Waals surface area (Å²) in [5, 5.41) is 8.67. The van der Waals surface area contributed by atoms with E-state index in [0.717, 1.165) is 15.8 Å². The van der Waals surface area contributed by atoms with Gasteiger partial charge in [-0.2, -0.15) is 0 Å². The zero-order valence-electron chi connectivity index (χ0n) is 12.9. The zero-order chi connectivity index (χ0) is 16.8. The van der Waals surface area contributed by atoms with Gasteiger partial charge in [0.05, 0.1) is 0 Å². The fourth-order valence-electron chi connectivity index (χ4n) is 1.99. The summed E-state index contributed by atoms with van der Waals surface area (Å²) < 4.78 is 0.955. The molecular formula is C17H18BrN3O2. The zero-order valence-corrected chi connectivity index (χ0v) is 14.5. The Morgan fingerprint density at radius 3 is 2.26 bits per heavy atom. The fraction of sp³-hybridized carbons (Fsp3) is 0.176. The van der Waals surface area contributed by atoms with Crippen molar-refractivity contribution in [2.45, 2.75) is 19.9 Å². The molecule has 0 saturated carbocycles. The highest BCUT2D eigenvalue weighted by Crippen LogP contribution is 2.17. The monoisotopic (exact) mass is 375 g/mol. The molecule has 0 aromatic heterocycles. The maximum atomic E-state index is 12.2. The number of benzene rings is 2. The third-order valence-electron chi connectivity index (χ3n) is 3.07. The third kappa shape index (κ3) is 5.41. The van der Waals surface area contributed by atoms with Crippen LogP contribution in [-0.4, -0.2) is 17.9 Å². The van der Waals surface area contributed by atoms with Crippen LogP contribution in [0.2, 0.25) is 0 Å². The molecule has 5 nitrogen and oxygen atoms in total. The highest BCUT2D eigenvalue weighted by molar-refractivity contribution is 9.10. The minimum Gasteiger partial charge on any atom is -0.374 e. The lowest BCUT2D eigenvalue weighted by molar-refractivity contribution is -0.116.